The molecular weight excluding hydrogens is 306 g/mol. The van der Waals surface area contributed by atoms with Crippen molar-refractivity contribution in [3.8, 4) is 0 Å². The second kappa shape index (κ2) is 7.77. The maximum absolute atomic E-state index is 12.8. The average Bonchev–Trinajstić information content (AvgIpc) is 3.16. The number of amides is 2. The van der Waals surface area contributed by atoms with Crippen LogP contribution in [0.15, 0.2) is 24.3 Å². The van der Waals surface area contributed by atoms with Crippen molar-refractivity contribution < 1.29 is 14.3 Å². The normalized spacial score (nSPS) is 24.0. The molecular formula is C18H25N3O3. The van der Waals surface area contributed by atoms with E-state index in [1.807, 2.05) is 4.90 Å². The largest absolute Gasteiger partial charge is 0.368 e. The first kappa shape index (κ1) is 16.9. The number of hydrogen-bond acceptors (Lipinski definition) is 4. The van der Waals surface area contributed by atoms with E-state index in [9.17, 15) is 9.59 Å². The molecule has 2 unspecified atom stereocenters. The zero-order chi connectivity index (χ0) is 16.9. The van der Waals surface area contributed by atoms with Crippen molar-refractivity contribution in [1.29, 1.82) is 0 Å². The van der Waals surface area contributed by atoms with Crippen LogP contribution in [-0.2, 0) is 9.53 Å². The Balaban J connectivity index is 1.69. The average molecular weight is 331 g/mol. The van der Waals surface area contributed by atoms with Gasteiger partial charge in [0.1, 0.15) is 6.10 Å². The van der Waals surface area contributed by atoms with Crippen LogP contribution in [0.5, 0.6) is 0 Å². The number of piperidine rings is 1. The molecule has 130 valence electrons. The number of nitrogens with two attached hydrogens (primary N) is 1. The van der Waals surface area contributed by atoms with Crippen LogP contribution in [-0.4, -0.2) is 48.6 Å². The summed E-state index contributed by atoms with van der Waals surface area (Å²) in [5, 5.41) is 2.85. The Kier molecular flexibility index (Phi) is 5.48. The molecule has 2 fully saturated rings. The zero-order valence-electron chi connectivity index (χ0n) is 13.9. The molecule has 2 saturated heterocycles. The van der Waals surface area contributed by atoms with E-state index >= 15 is 0 Å². The van der Waals surface area contributed by atoms with Gasteiger partial charge in [-0.25, -0.2) is 0 Å². The monoisotopic (exact) mass is 331 g/mol. The summed E-state index contributed by atoms with van der Waals surface area (Å²) in [5.41, 5.74) is 7.02. The molecule has 2 aliphatic heterocycles. The molecule has 0 aromatic heterocycles. The van der Waals surface area contributed by atoms with Gasteiger partial charge in [-0.15, -0.1) is 0 Å². The quantitative estimate of drug-likeness (QED) is 0.880. The molecule has 0 aliphatic carbocycles. The van der Waals surface area contributed by atoms with Gasteiger partial charge < -0.3 is 20.7 Å². The summed E-state index contributed by atoms with van der Waals surface area (Å²) in [6, 6.07) is 7.21. The number of hydrogen-bond donors (Lipinski definition) is 2. The number of nitrogens with one attached hydrogen (secondary N) is 1. The van der Waals surface area contributed by atoms with Crippen LogP contribution in [0.25, 0.3) is 0 Å². The van der Waals surface area contributed by atoms with Crippen molar-refractivity contribution in [2.45, 2.75) is 44.2 Å². The minimum Gasteiger partial charge on any atom is -0.368 e. The van der Waals surface area contributed by atoms with Crippen molar-refractivity contribution >= 4 is 17.5 Å². The fourth-order valence-electron chi connectivity index (χ4n) is 3.42. The summed E-state index contributed by atoms with van der Waals surface area (Å²) in [6.07, 6.45) is 4.36. The second-order valence-corrected chi connectivity index (χ2v) is 6.46. The maximum atomic E-state index is 12.8. The van der Waals surface area contributed by atoms with Crippen LogP contribution >= 0.6 is 0 Å². The fourth-order valence-corrected chi connectivity index (χ4v) is 3.42. The van der Waals surface area contributed by atoms with Gasteiger partial charge in [0, 0.05) is 37.0 Å². The first-order chi connectivity index (χ1) is 11.7. The molecule has 3 rings (SSSR count). The lowest BCUT2D eigenvalue weighted by Gasteiger charge is -2.35. The molecule has 2 heterocycles. The van der Waals surface area contributed by atoms with E-state index in [0.29, 0.717) is 24.4 Å². The molecule has 0 saturated carbocycles. The number of benzene rings is 1. The third-order valence-electron chi connectivity index (χ3n) is 4.76. The van der Waals surface area contributed by atoms with Crippen molar-refractivity contribution in [3.05, 3.63) is 29.8 Å². The molecule has 2 atom stereocenters. The molecule has 1 aromatic rings. The lowest BCUT2D eigenvalue weighted by Crippen LogP contribution is -2.47. The van der Waals surface area contributed by atoms with Gasteiger partial charge in [-0.3, -0.25) is 9.59 Å². The highest BCUT2D eigenvalue weighted by molar-refractivity contribution is 5.98. The van der Waals surface area contributed by atoms with Crippen molar-refractivity contribution in [2.24, 2.45) is 5.73 Å². The topological polar surface area (TPSA) is 84.7 Å². The molecule has 3 N–H and O–H groups in total. The number of carbonyl (C=O) groups is 2. The van der Waals surface area contributed by atoms with Crippen LogP contribution in [0.3, 0.4) is 0 Å². The Bertz CT molecular complexity index is 599. The highest BCUT2D eigenvalue weighted by atomic mass is 16.5. The third-order valence-corrected chi connectivity index (χ3v) is 4.76. The van der Waals surface area contributed by atoms with E-state index in [1.54, 1.807) is 24.3 Å². The summed E-state index contributed by atoms with van der Waals surface area (Å²) in [5.74, 6) is -0.159. The van der Waals surface area contributed by atoms with Gasteiger partial charge in [-0.1, -0.05) is 6.07 Å². The molecule has 6 heteroatoms. The highest BCUT2D eigenvalue weighted by Crippen LogP contribution is 2.21. The SMILES string of the molecule is NCC1CCCCN1C(=O)c1cccc(NC(=O)C2CCCO2)c1. The van der Waals surface area contributed by atoms with Crippen LogP contribution < -0.4 is 11.1 Å². The van der Waals surface area contributed by atoms with Crippen LogP contribution in [0, 0.1) is 0 Å². The number of likely N-dealkylation sites (tertiary alicyclic amines) is 1. The maximum Gasteiger partial charge on any atom is 0.254 e. The van der Waals surface area contributed by atoms with E-state index in [0.717, 1.165) is 38.6 Å². The highest BCUT2D eigenvalue weighted by Gasteiger charge is 2.27. The summed E-state index contributed by atoms with van der Waals surface area (Å²) in [6.45, 7) is 1.86. The zero-order valence-corrected chi connectivity index (χ0v) is 13.9. The number of carbonyl (C=O) groups excluding carboxylic acids is 2. The summed E-state index contributed by atoms with van der Waals surface area (Å²) < 4.78 is 5.39. The van der Waals surface area contributed by atoms with Gasteiger partial charge in [0.2, 0.25) is 0 Å². The van der Waals surface area contributed by atoms with Gasteiger partial charge in [0.15, 0.2) is 0 Å². The van der Waals surface area contributed by atoms with E-state index in [-0.39, 0.29) is 24.0 Å². The predicted octanol–water partition coefficient (Wildman–Crippen LogP) is 1.76. The molecule has 0 radical (unpaired) electrons. The molecule has 0 bridgehead atoms. The minimum atomic E-state index is -0.381. The summed E-state index contributed by atoms with van der Waals surface area (Å²) in [7, 11) is 0. The number of anilines is 1. The van der Waals surface area contributed by atoms with Crippen LogP contribution in [0.4, 0.5) is 5.69 Å². The van der Waals surface area contributed by atoms with Crippen molar-refractivity contribution in [1.82, 2.24) is 4.90 Å². The van der Waals surface area contributed by atoms with E-state index < -0.39 is 0 Å². The second-order valence-electron chi connectivity index (χ2n) is 6.46. The van der Waals surface area contributed by atoms with Crippen molar-refractivity contribution in [3.63, 3.8) is 0 Å². The molecule has 0 spiro atoms. The molecule has 1 aromatic carbocycles. The predicted molar refractivity (Wildman–Crippen MR) is 91.8 cm³/mol. The standard InChI is InChI=1S/C18H25N3O3/c19-12-15-7-1-2-9-21(15)18(23)13-5-3-6-14(11-13)20-17(22)16-8-4-10-24-16/h3,5-6,11,15-16H,1-2,4,7-10,12,19H2,(H,20,22). The van der Waals surface area contributed by atoms with Gasteiger partial charge in [0.25, 0.3) is 11.8 Å². The Morgan fingerprint density at radius 1 is 1.25 bits per heavy atom. The van der Waals surface area contributed by atoms with E-state index in [2.05, 4.69) is 5.32 Å². The summed E-state index contributed by atoms with van der Waals surface area (Å²) in [4.78, 5) is 26.8. The summed E-state index contributed by atoms with van der Waals surface area (Å²) >= 11 is 0. The molecule has 2 aliphatic rings. The molecule has 6 nitrogen and oxygen atoms in total. The molecule has 24 heavy (non-hydrogen) atoms. The Hall–Kier alpha value is -1.92. The first-order valence-corrected chi connectivity index (χ1v) is 8.72. The van der Waals surface area contributed by atoms with Crippen LogP contribution in [0.2, 0.25) is 0 Å². The Morgan fingerprint density at radius 3 is 2.88 bits per heavy atom. The smallest absolute Gasteiger partial charge is 0.254 e. The number of ether oxygens (including phenoxy) is 1. The Morgan fingerprint density at radius 2 is 2.12 bits per heavy atom. The van der Waals surface area contributed by atoms with E-state index in [1.165, 1.54) is 0 Å². The van der Waals surface area contributed by atoms with Gasteiger partial charge in [0.05, 0.1) is 0 Å². The lowest BCUT2D eigenvalue weighted by atomic mass is 10.0. The number of rotatable bonds is 4. The number of nitrogens with zero attached hydrogens (tertiary/aromatic N) is 1. The minimum absolute atomic E-state index is 0.0154. The lowest BCUT2D eigenvalue weighted by molar-refractivity contribution is -0.124. The van der Waals surface area contributed by atoms with Crippen molar-refractivity contribution in [2.75, 3.05) is 25.0 Å². The van der Waals surface area contributed by atoms with Gasteiger partial charge >= 0.3 is 0 Å². The van der Waals surface area contributed by atoms with Crippen LogP contribution in [0.1, 0.15) is 42.5 Å². The third kappa shape index (κ3) is 3.76. The Labute approximate surface area is 142 Å². The molecule has 2 amide bonds. The van der Waals surface area contributed by atoms with Gasteiger partial charge in [-0.2, -0.15) is 0 Å². The first-order valence-electron chi connectivity index (χ1n) is 8.72. The van der Waals surface area contributed by atoms with Gasteiger partial charge in [-0.05, 0) is 50.3 Å². The fraction of sp³-hybridized carbons (Fsp3) is 0.556. The van der Waals surface area contributed by atoms with E-state index in [4.69, 9.17) is 10.5 Å².